The third kappa shape index (κ3) is 4.20. The van der Waals surface area contributed by atoms with Crippen LogP contribution in [-0.4, -0.2) is 34.6 Å². The van der Waals surface area contributed by atoms with Gasteiger partial charge in [-0.15, -0.1) is 0 Å². The second-order valence-corrected chi connectivity index (χ2v) is 5.68. The zero-order valence-corrected chi connectivity index (χ0v) is 13.2. The molecule has 0 bridgehead atoms. The van der Waals surface area contributed by atoms with Crippen LogP contribution < -0.4 is 10.2 Å². The lowest BCUT2D eigenvalue weighted by molar-refractivity contribution is 0.517. The van der Waals surface area contributed by atoms with E-state index in [4.69, 9.17) is 11.6 Å². The van der Waals surface area contributed by atoms with Crippen LogP contribution in [0.1, 0.15) is 46.0 Å². The van der Waals surface area contributed by atoms with Crippen molar-refractivity contribution in [1.82, 2.24) is 15.0 Å². The predicted octanol–water partition coefficient (Wildman–Crippen LogP) is 3.36. The summed E-state index contributed by atoms with van der Waals surface area (Å²) in [5, 5.41) is 3.56. The number of nitrogens with zero attached hydrogens (tertiary/aromatic N) is 4. The van der Waals surface area contributed by atoms with Crippen LogP contribution in [0.2, 0.25) is 5.28 Å². The fraction of sp³-hybridized carbons (Fsp3) is 0.786. The molecule has 0 aliphatic carbocycles. The minimum atomic E-state index is 0.271. The molecule has 1 saturated heterocycles. The van der Waals surface area contributed by atoms with Gasteiger partial charge in [0.15, 0.2) is 0 Å². The van der Waals surface area contributed by atoms with Gasteiger partial charge in [0, 0.05) is 19.6 Å². The van der Waals surface area contributed by atoms with Gasteiger partial charge in [0.05, 0.1) is 0 Å². The average molecular weight is 298 g/mol. The molecule has 2 heterocycles. The molecule has 0 saturated carbocycles. The SMILES string of the molecule is CCC(CC)CNc1nc(Cl)nc(N2CCCCC2)n1. The lowest BCUT2D eigenvalue weighted by Crippen LogP contribution is -2.31. The summed E-state index contributed by atoms with van der Waals surface area (Å²) in [4.78, 5) is 15.1. The second-order valence-electron chi connectivity index (χ2n) is 5.34. The van der Waals surface area contributed by atoms with Crippen LogP contribution in [0, 0.1) is 5.92 Å². The summed E-state index contributed by atoms with van der Waals surface area (Å²) < 4.78 is 0. The van der Waals surface area contributed by atoms with Crippen molar-refractivity contribution in [2.45, 2.75) is 46.0 Å². The molecule has 0 aromatic carbocycles. The highest BCUT2D eigenvalue weighted by molar-refractivity contribution is 6.28. The van der Waals surface area contributed by atoms with Crippen LogP contribution in [0.3, 0.4) is 0 Å². The molecule has 0 atom stereocenters. The van der Waals surface area contributed by atoms with Crippen molar-refractivity contribution in [3.8, 4) is 0 Å². The average Bonchev–Trinajstić information content (AvgIpc) is 2.49. The standard InChI is InChI=1S/C14H24ClN5/c1-3-11(4-2)10-16-13-17-12(15)18-14(19-13)20-8-6-5-7-9-20/h11H,3-10H2,1-2H3,(H,16,17,18,19). The smallest absolute Gasteiger partial charge is 0.231 e. The third-order valence-corrected chi connectivity index (χ3v) is 4.11. The van der Waals surface area contributed by atoms with Gasteiger partial charge in [0.25, 0.3) is 0 Å². The van der Waals surface area contributed by atoms with Gasteiger partial charge in [0.1, 0.15) is 0 Å². The maximum absolute atomic E-state index is 6.02. The zero-order chi connectivity index (χ0) is 14.4. The van der Waals surface area contributed by atoms with Crippen LogP contribution >= 0.6 is 11.6 Å². The lowest BCUT2D eigenvalue weighted by atomic mass is 10.0. The quantitative estimate of drug-likeness (QED) is 0.872. The summed E-state index contributed by atoms with van der Waals surface area (Å²) in [6, 6.07) is 0. The maximum Gasteiger partial charge on any atom is 0.231 e. The van der Waals surface area contributed by atoms with E-state index in [9.17, 15) is 0 Å². The highest BCUT2D eigenvalue weighted by Crippen LogP contribution is 2.19. The first kappa shape index (κ1) is 15.3. The molecule has 0 radical (unpaired) electrons. The van der Waals surface area contributed by atoms with Gasteiger partial charge < -0.3 is 10.2 Å². The number of nitrogens with one attached hydrogen (secondary N) is 1. The van der Waals surface area contributed by atoms with E-state index < -0.39 is 0 Å². The van der Waals surface area contributed by atoms with E-state index in [-0.39, 0.29) is 5.28 Å². The maximum atomic E-state index is 6.02. The summed E-state index contributed by atoms with van der Waals surface area (Å²) in [5.74, 6) is 1.94. The Bertz CT molecular complexity index is 416. The molecule has 5 nitrogen and oxygen atoms in total. The fourth-order valence-electron chi connectivity index (χ4n) is 2.47. The van der Waals surface area contributed by atoms with Crippen LogP contribution in [0.25, 0.3) is 0 Å². The Hall–Kier alpha value is -1.10. The van der Waals surface area contributed by atoms with Crippen LogP contribution in [0.4, 0.5) is 11.9 Å². The first-order valence-corrected chi connectivity index (χ1v) is 8.01. The molecule has 1 aromatic rings. The molecule has 0 unspecified atom stereocenters. The number of anilines is 2. The van der Waals surface area contributed by atoms with Crippen molar-refractivity contribution in [2.24, 2.45) is 5.92 Å². The van der Waals surface area contributed by atoms with Crippen molar-refractivity contribution in [1.29, 1.82) is 0 Å². The first-order valence-electron chi connectivity index (χ1n) is 7.63. The molecular weight excluding hydrogens is 274 g/mol. The highest BCUT2D eigenvalue weighted by Gasteiger charge is 2.16. The van der Waals surface area contributed by atoms with E-state index in [0.29, 0.717) is 17.8 Å². The van der Waals surface area contributed by atoms with Crippen molar-refractivity contribution in [3.63, 3.8) is 0 Å². The fourth-order valence-corrected chi connectivity index (χ4v) is 2.62. The molecule has 2 rings (SSSR count). The third-order valence-electron chi connectivity index (χ3n) is 3.94. The van der Waals surface area contributed by atoms with Crippen LogP contribution in [0.15, 0.2) is 0 Å². The summed E-state index contributed by atoms with van der Waals surface area (Å²) in [5.41, 5.74) is 0. The van der Waals surface area contributed by atoms with E-state index >= 15 is 0 Å². The molecule has 6 heteroatoms. The number of rotatable bonds is 6. The number of halogens is 1. The van der Waals surface area contributed by atoms with Gasteiger partial charge in [-0.1, -0.05) is 26.7 Å². The number of hydrogen-bond donors (Lipinski definition) is 1. The van der Waals surface area contributed by atoms with Crippen LogP contribution in [-0.2, 0) is 0 Å². The Morgan fingerprint density at radius 2 is 1.80 bits per heavy atom. The van der Waals surface area contributed by atoms with Crippen molar-refractivity contribution >= 4 is 23.5 Å². The molecule has 20 heavy (non-hydrogen) atoms. The lowest BCUT2D eigenvalue weighted by Gasteiger charge is -2.26. The van der Waals surface area contributed by atoms with Gasteiger partial charge in [0.2, 0.25) is 17.2 Å². The Labute approximate surface area is 126 Å². The summed E-state index contributed by atoms with van der Waals surface area (Å²) in [6.07, 6.45) is 5.98. The Balaban J connectivity index is 2.03. The Morgan fingerprint density at radius 1 is 1.10 bits per heavy atom. The van der Waals surface area contributed by atoms with Crippen LogP contribution in [0.5, 0.6) is 0 Å². The monoisotopic (exact) mass is 297 g/mol. The number of piperidine rings is 1. The van der Waals surface area contributed by atoms with Crippen molar-refractivity contribution in [2.75, 3.05) is 29.9 Å². The Kier molecular flexibility index (Phi) is 5.83. The minimum absolute atomic E-state index is 0.271. The normalized spacial score (nSPS) is 15.7. The number of hydrogen-bond acceptors (Lipinski definition) is 5. The highest BCUT2D eigenvalue weighted by atomic mass is 35.5. The molecule has 1 aromatic heterocycles. The molecule has 112 valence electrons. The molecular formula is C14H24ClN5. The van der Waals surface area contributed by atoms with E-state index in [1.165, 1.54) is 19.3 Å². The first-order chi connectivity index (χ1) is 9.72. The molecule has 0 amide bonds. The minimum Gasteiger partial charge on any atom is -0.354 e. The van der Waals surface area contributed by atoms with Crippen molar-refractivity contribution < 1.29 is 0 Å². The summed E-state index contributed by atoms with van der Waals surface area (Å²) in [6.45, 7) is 7.30. The molecule has 1 N–H and O–H groups in total. The zero-order valence-electron chi connectivity index (χ0n) is 12.4. The van der Waals surface area contributed by atoms with Gasteiger partial charge in [-0.25, -0.2) is 0 Å². The summed E-state index contributed by atoms with van der Waals surface area (Å²) >= 11 is 6.02. The van der Waals surface area contributed by atoms with E-state index in [1.807, 2.05) is 0 Å². The van der Waals surface area contributed by atoms with E-state index in [1.54, 1.807) is 0 Å². The Morgan fingerprint density at radius 3 is 2.45 bits per heavy atom. The van der Waals surface area contributed by atoms with Gasteiger partial charge >= 0.3 is 0 Å². The van der Waals surface area contributed by atoms with Gasteiger partial charge in [-0.05, 0) is 36.8 Å². The molecule has 1 aliphatic heterocycles. The van der Waals surface area contributed by atoms with Crippen molar-refractivity contribution in [3.05, 3.63) is 5.28 Å². The second kappa shape index (κ2) is 7.62. The molecule has 1 fully saturated rings. The van der Waals surface area contributed by atoms with E-state index in [2.05, 4.69) is 39.0 Å². The van der Waals surface area contributed by atoms with Gasteiger partial charge in [-0.2, -0.15) is 15.0 Å². The van der Waals surface area contributed by atoms with E-state index in [0.717, 1.165) is 32.5 Å². The largest absolute Gasteiger partial charge is 0.354 e. The molecule has 1 aliphatic rings. The summed E-state index contributed by atoms with van der Waals surface area (Å²) in [7, 11) is 0. The predicted molar refractivity (Wildman–Crippen MR) is 83.5 cm³/mol. The van der Waals surface area contributed by atoms with Gasteiger partial charge in [-0.3, -0.25) is 0 Å². The molecule has 0 spiro atoms. The topological polar surface area (TPSA) is 53.9 Å². The number of aromatic nitrogens is 3.